The van der Waals surface area contributed by atoms with Gasteiger partial charge in [-0.1, -0.05) is 6.07 Å². The number of H-pyrrole nitrogens is 1. The summed E-state index contributed by atoms with van der Waals surface area (Å²) >= 11 is 0. The van der Waals surface area contributed by atoms with Gasteiger partial charge in [0.15, 0.2) is 22.7 Å². The first-order valence-corrected chi connectivity index (χ1v) is 9.63. The molecule has 2 aromatic heterocycles. The smallest absolute Gasteiger partial charge is 0.351 e. The number of aromatic amines is 1. The van der Waals surface area contributed by atoms with Gasteiger partial charge in [0.1, 0.15) is 0 Å². The highest BCUT2D eigenvalue weighted by Gasteiger charge is 2.37. The van der Waals surface area contributed by atoms with Crippen LogP contribution < -0.4 is 19.2 Å². The van der Waals surface area contributed by atoms with Crippen LogP contribution in [0.15, 0.2) is 42.6 Å². The zero-order chi connectivity index (χ0) is 19.8. The lowest BCUT2D eigenvalue weighted by atomic mass is 9.91. The number of aromatic nitrogens is 2. The van der Waals surface area contributed by atoms with Crippen LogP contribution >= 0.6 is 0 Å². The molecule has 0 aliphatic carbocycles. The number of nitrogens with zero attached hydrogens (tertiary/aromatic N) is 1. The topological polar surface area (TPSA) is 96.9 Å². The summed E-state index contributed by atoms with van der Waals surface area (Å²) in [6.45, 7) is 1.11. The average Bonchev–Trinajstić information content (AvgIpc) is 3.38. The molecule has 2 aliphatic rings. The molecule has 5 rings (SSSR count). The van der Waals surface area contributed by atoms with Crippen LogP contribution in [0, 0.1) is 0 Å². The predicted octanol–water partition coefficient (Wildman–Crippen LogP) is 1.42. The fraction of sp³-hybridized carbons (Fsp3) is 0.333. The summed E-state index contributed by atoms with van der Waals surface area (Å²) in [5.41, 5.74) is 1.89. The van der Waals surface area contributed by atoms with E-state index in [2.05, 4.69) is 10.3 Å². The third-order valence-corrected chi connectivity index (χ3v) is 5.61. The maximum absolute atomic E-state index is 13.2. The summed E-state index contributed by atoms with van der Waals surface area (Å²) in [4.78, 5) is 16.4. The molecule has 0 saturated carbocycles. The Morgan fingerprint density at radius 3 is 2.83 bits per heavy atom. The Morgan fingerprint density at radius 1 is 1.17 bits per heavy atom. The average molecular weight is 396 g/mol. The van der Waals surface area contributed by atoms with E-state index in [1.54, 1.807) is 0 Å². The van der Waals surface area contributed by atoms with Crippen LogP contribution in [0.3, 0.4) is 0 Å². The first kappa shape index (κ1) is 18.0. The lowest BCUT2D eigenvalue weighted by Crippen LogP contribution is -2.55. The highest BCUT2D eigenvalue weighted by Crippen LogP contribution is 2.36. The number of rotatable bonds is 4. The number of carbonyl (C=O) groups excluding carboxylic acids is 1. The Morgan fingerprint density at radius 2 is 2.00 bits per heavy atom. The minimum Gasteiger partial charge on any atom is -0.454 e. The molecule has 2 aliphatic heterocycles. The summed E-state index contributed by atoms with van der Waals surface area (Å²) in [5, 5.41) is 12.9. The second kappa shape index (κ2) is 7.06. The number of pyridine rings is 1. The maximum Gasteiger partial charge on any atom is 0.351 e. The van der Waals surface area contributed by atoms with Crippen molar-refractivity contribution in [3.8, 4) is 22.8 Å². The standard InChI is InChI=1S/C21H21N3O5/c25-12-21(6-9-27-10-7-21)23-20(26)19-22-18(15-3-1-2-8-24(15)19)14-4-5-16-17(11-14)29-13-28-16/h1-5,8,11,25H,6-7,9-10,12-13H2,(H,23,26)/p+1. The van der Waals surface area contributed by atoms with Crippen molar-refractivity contribution in [3.05, 3.63) is 48.4 Å². The highest BCUT2D eigenvalue weighted by atomic mass is 16.7. The minimum atomic E-state index is -0.666. The van der Waals surface area contributed by atoms with E-state index in [1.807, 2.05) is 47.0 Å². The second-order valence-electron chi connectivity index (χ2n) is 7.38. The van der Waals surface area contributed by atoms with Crippen LogP contribution in [0.5, 0.6) is 11.5 Å². The Hall–Kier alpha value is -3.10. The van der Waals surface area contributed by atoms with Crippen LogP contribution in [0.4, 0.5) is 0 Å². The molecule has 0 spiro atoms. The molecular weight excluding hydrogens is 374 g/mol. The largest absolute Gasteiger partial charge is 0.454 e. The lowest BCUT2D eigenvalue weighted by Gasteiger charge is -2.35. The second-order valence-corrected chi connectivity index (χ2v) is 7.38. The molecular formula is C21H22N3O5+. The molecule has 1 amide bonds. The molecule has 8 heteroatoms. The van der Waals surface area contributed by atoms with Gasteiger partial charge in [-0.2, -0.15) is 4.40 Å². The fourth-order valence-electron chi connectivity index (χ4n) is 3.91. The number of imidazole rings is 1. The maximum atomic E-state index is 13.2. The van der Waals surface area contributed by atoms with Gasteiger partial charge in [0.25, 0.3) is 0 Å². The molecule has 8 nitrogen and oxygen atoms in total. The van der Waals surface area contributed by atoms with Gasteiger partial charge < -0.3 is 24.6 Å². The van der Waals surface area contributed by atoms with Gasteiger partial charge in [-0.3, -0.25) is 4.79 Å². The van der Waals surface area contributed by atoms with Gasteiger partial charge in [0.05, 0.1) is 18.3 Å². The highest BCUT2D eigenvalue weighted by molar-refractivity contribution is 5.92. The number of ether oxygens (including phenoxy) is 3. The normalized spacial score (nSPS) is 17.4. The Balaban J connectivity index is 1.54. The van der Waals surface area contributed by atoms with E-state index in [0.29, 0.717) is 43.4 Å². The first-order chi connectivity index (χ1) is 14.2. The summed E-state index contributed by atoms with van der Waals surface area (Å²) in [7, 11) is 0. The number of hydrogen-bond donors (Lipinski definition) is 3. The van der Waals surface area contributed by atoms with Crippen LogP contribution in [0.1, 0.15) is 23.5 Å². The third-order valence-electron chi connectivity index (χ3n) is 5.61. The monoisotopic (exact) mass is 396 g/mol. The van der Waals surface area contributed by atoms with E-state index < -0.39 is 5.54 Å². The van der Waals surface area contributed by atoms with Gasteiger partial charge in [-0.05, 0) is 43.2 Å². The van der Waals surface area contributed by atoms with Crippen molar-refractivity contribution < 1.29 is 28.5 Å². The quantitative estimate of drug-likeness (QED) is 0.580. The van der Waals surface area contributed by atoms with Crippen molar-refractivity contribution in [2.45, 2.75) is 18.4 Å². The Kier molecular flexibility index (Phi) is 4.37. The van der Waals surface area contributed by atoms with Gasteiger partial charge in [-0.25, -0.2) is 4.98 Å². The third kappa shape index (κ3) is 3.10. The zero-order valence-electron chi connectivity index (χ0n) is 15.8. The SMILES string of the molecule is O=C(NC1(CO)CCOCC1)c1[nH]c(-c2ccc3c(c2)OCO3)c2cccc[n+]12. The number of fused-ring (bicyclic) bond motifs is 2. The van der Waals surface area contributed by atoms with E-state index in [0.717, 1.165) is 16.8 Å². The van der Waals surface area contributed by atoms with E-state index in [9.17, 15) is 9.90 Å². The molecule has 150 valence electrons. The van der Waals surface area contributed by atoms with Crippen LogP contribution in [0.25, 0.3) is 16.8 Å². The number of benzene rings is 1. The van der Waals surface area contributed by atoms with Crippen molar-refractivity contribution in [1.82, 2.24) is 10.3 Å². The molecule has 4 heterocycles. The molecule has 0 atom stereocenters. The fourth-order valence-corrected chi connectivity index (χ4v) is 3.91. The van der Waals surface area contributed by atoms with E-state index in [-0.39, 0.29) is 19.3 Å². The number of carbonyl (C=O) groups is 1. The predicted molar refractivity (Wildman–Crippen MR) is 103 cm³/mol. The van der Waals surface area contributed by atoms with Crippen LogP contribution in [0.2, 0.25) is 0 Å². The summed E-state index contributed by atoms with van der Waals surface area (Å²) in [5.74, 6) is 1.51. The Bertz CT molecular complexity index is 1070. The number of nitrogens with one attached hydrogen (secondary N) is 2. The van der Waals surface area contributed by atoms with Crippen molar-refractivity contribution in [2.75, 3.05) is 26.6 Å². The van der Waals surface area contributed by atoms with E-state index in [4.69, 9.17) is 14.2 Å². The van der Waals surface area contributed by atoms with Crippen molar-refractivity contribution >= 4 is 11.4 Å². The molecule has 0 radical (unpaired) electrons. The molecule has 3 N–H and O–H groups in total. The molecule has 0 bridgehead atoms. The molecule has 29 heavy (non-hydrogen) atoms. The molecule has 1 fully saturated rings. The van der Waals surface area contributed by atoms with Crippen molar-refractivity contribution in [1.29, 1.82) is 0 Å². The summed E-state index contributed by atoms with van der Waals surface area (Å²) < 4.78 is 18.1. The summed E-state index contributed by atoms with van der Waals surface area (Å²) in [6, 6.07) is 11.4. The van der Waals surface area contributed by atoms with Crippen molar-refractivity contribution in [3.63, 3.8) is 0 Å². The number of aliphatic hydroxyl groups is 1. The lowest BCUT2D eigenvalue weighted by molar-refractivity contribution is -0.514. The number of amides is 1. The zero-order valence-corrected chi connectivity index (χ0v) is 15.8. The van der Waals surface area contributed by atoms with Crippen LogP contribution in [-0.2, 0) is 4.74 Å². The van der Waals surface area contributed by atoms with Gasteiger partial charge >= 0.3 is 11.7 Å². The molecule has 0 unspecified atom stereocenters. The minimum absolute atomic E-state index is 0.125. The van der Waals surface area contributed by atoms with Crippen molar-refractivity contribution in [2.24, 2.45) is 0 Å². The van der Waals surface area contributed by atoms with E-state index >= 15 is 0 Å². The molecule has 1 saturated heterocycles. The van der Waals surface area contributed by atoms with E-state index in [1.165, 1.54) is 0 Å². The number of hydrogen-bond acceptors (Lipinski definition) is 5. The first-order valence-electron chi connectivity index (χ1n) is 9.63. The molecule has 3 aromatic rings. The van der Waals surface area contributed by atoms with Gasteiger partial charge in [0, 0.05) is 18.8 Å². The van der Waals surface area contributed by atoms with Crippen LogP contribution in [-0.4, -0.2) is 48.2 Å². The number of aliphatic hydroxyl groups excluding tert-OH is 1. The molecule has 1 aromatic carbocycles. The summed E-state index contributed by atoms with van der Waals surface area (Å²) in [6.07, 6.45) is 2.99. The van der Waals surface area contributed by atoms with Gasteiger partial charge in [0.2, 0.25) is 6.79 Å². The Labute approximate surface area is 167 Å². The van der Waals surface area contributed by atoms with Gasteiger partial charge in [-0.15, -0.1) is 0 Å².